The van der Waals surface area contributed by atoms with Crippen LogP contribution in [0.4, 0.5) is 5.69 Å². The lowest BCUT2D eigenvalue weighted by molar-refractivity contribution is -0.120. The van der Waals surface area contributed by atoms with Crippen LogP contribution in [0, 0.1) is 12.8 Å². The molecule has 1 amide bonds. The summed E-state index contributed by atoms with van der Waals surface area (Å²) in [6.45, 7) is 7.16. The molecule has 4 N–H and O–H groups in total. The number of aryl methyl sites for hydroxylation is 1. The molecule has 0 bridgehead atoms. The minimum Gasteiger partial charge on any atom is -0.324 e. The number of anilines is 1. The fourth-order valence-electron chi connectivity index (χ4n) is 2.64. The number of carbonyl (C=O) groups is 1. The van der Waals surface area contributed by atoms with Crippen LogP contribution in [0.5, 0.6) is 0 Å². The summed E-state index contributed by atoms with van der Waals surface area (Å²) in [5.74, 6) is 0.476. The van der Waals surface area contributed by atoms with Gasteiger partial charge in [-0.3, -0.25) is 20.4 Å². The Morgan fingerprint density at radius 3 is 2.82 bits per heavy atom. The fraction of sp³-hybridized carbons (Fsp3) is 0.438. The maximum absolute atomic E-state index is 12.3. The molecule has 0 radical (unpaired) electrons. The molecule has 2 atom stereocenters. The van der Waals surface area contributed by atoms with E-state index >= 15 is 0 Å². The zero-order valence-corrected chi connectivity index (χ0v) is 13.2. The maximum atomic E-state index is 12.3. The van der Waals surface area contributed by atoms with Crippen molar-refractivity contribution in [3.8, 4) is 0 Å². The number of benzene rings is 1. The Balaban J connectivity index is 1.72. The minimum atomic E-state index is -0.221. The van der Waals surface area contributed by atoms with Gasteiger partial charge in [-0.2, -0.15) is 0 Å². The molecule has 1 saturated heterocycles. The number of carbonyl (C=O) groups excluding carboxylic acids is 1. The van der Waals surface area contributed by atoms with Gasteiger partial charge in [0.2, 0.25) is 0 Å². The molecule has 6 heteroatoms. The van der Waals surface area contributed by atoms with Gasteiger partial charge >= 0.3 is 0 Å². The van der Waals surface area contributed by atoms with Crippen molar-refractivity contribution in [2.45, 2.75) is 33.2 Å². The Kier molecular flexibility index (Phi) is 4.15. The minimum absolute atomic E-state index is 0.0476. The number of rotatable bonds is 4. The molecule has 2 unspecified atom stereocenters. The van der Waals surface area contributed by atoms with Gasteiger partial charge in [0.15, 0.2) is 0 Å². The largest absolute Gasteiger partial charge is 0.324 e. The molecule has 0 saturated carbocycles. The van der Waals surface area contributed by atoms with Gasteiger partial charge in [0.05, 0.1) is 11.3 Å². The zero-order valence-electron chi connectivity index (χ0n) is 13.2. The number of nitrogens with one attached hydrogen (secondary N) is 4. The van der Waals surface area contributed by atoms with Crippen molar-refractivity contribution in [2.24, 2.45) is 5.92 Å². The van der Waals surface area contributed by atoms with E-state index in [1.165, 1.54) is 0 Å². The highest BCUT2D eigenvalue weighted by Crippen LogP contribution is 2.24. The van der Waals surface area contributed by atoms with Crippen LogP contribution in [-0.4, -0.2) is 24.9 Å². The Bertz CT molecular complexity index is 598. The Hall–Kier alpha value is -1.89. The molecule has 2 heterocycles. The normalized spacial score (nSPS) is 24.3. The second kappa shape index (κ2) is 6.08. The third-order valence-electron chi connectivity index (χ3n) is 3.82. The number of nitrogens with zero attached hydrogens (tertiary/aromatic N) is 1. The molecule has 0 aromatic heterocycles. The second-order valence-electron chi connectivity index (χ2n) is 6.18. The van der Waals surface area contributed by atoms with Crippen molar-refractivity contribution in [2.75, 3.05) is 11.6 Å². The van der Waals surface area contributed by atoms with Crippen LogP contribution in [0.2, 0.25) is 0 Å². The molecule has 1 aromatic carbocycles. The number of hydrogen-bond acceptors (Lipinski definition) is 5. The van der Waals surface area contributed by atoms with Crippen molar-refractivity contribution in [1.29, 1.82) is 0 Å². The van der Waals surface area contributed by atoms with E-state index in [1.807, 2.05) is 29.4 Å². The van der Waals surface area contributed by atoms with Crippen molar-refractivity contribution in [1.82, 2.24) is 21.4 Å². The first kappa shape index (κ1) is 15.0. The Labute approximate surface area is 130 Å². The quantitative estimate of drug-likeness (QED) is 0.662. The number of amides is 1. The molecule has 2 aliphatic rings. The highest BCUT2D eigenvalue weighted by atomic mass is 16.2. The lowest BCUT2D eigenvalue weighted by Gasteiger charge is -2.32. The van der Waals surface area contributed by atoms with E-state index in [0.29, 0.717) is 11.5 Å². The molecular weight excluding hydrogens is 278 g/mol. The number of para-hydroxylation sites is 1. The van der Waals surface area contributed by atoms with Gasteiger partial charge in [0.1, 0.15) is 12.5 Å². The maximum Gasteiger partial charge on any atom is 0.254 e. The van der Waals surface area contributed by atoms with Gasteiger partial charge in [-0.25, -0.2) is 5.43 Å². The molecule has 0 aliphatic carbocycles. The summed E-state index contributed by atoms with van der Waals surface area (Å²) in [5.41, 5.74) is 6.23. The summed E-state index contributed by atoms with van der Waals surface area (Å²) < 4.78 is 0. The SMILES string of the molecule is Cc1ccccc1N1C=C2C(=O)NC(NCC(C)C)NC2N1. The average Bonchev–Trinajstić information content (AvgIpc) is 2.90. The van der Waals surface area contributed by atoms with Gasteiger partial charge < -0.3 is 5.32 Å². The van der Waals surface area contributed by atoms with Gasteiger partial charge in [-0.1, -0.05) is 32.0 Å². The summed E-state index contributed by atoms with van der Waals surface area (Å²) in [6, 6.07) is 8.08. The predicted octanol–water partition coefficient (Wildman–Crippen LogP) is 0.778. The number of hydrogen-bond donors (Lipinski definition) is 4. The number of hydrazine groups is 1. The average molecular weight is 301 g/mol. The van der Waals surface area contributed by atoms with E-state index in [1.54, 1.807) is 0 Å². The van der Waals surface area contributed by atoms with Crippen LogP contribution in [-0.2, 0) is 4.79 Å². The van der Waals surface area contributed by atoms with Crippen LogP contribution in [0.25, 0.3) is 0 Å². The van der Waals surface area contributed by atoms with Crippen molar-refractivity contribution in [3.05, 3.63) is 41.6 Å². The Morgan fingerprint density at radius 1 is 1.32 bits per heavy atom. The van der Waals surface area contributed by atoms with E-state index in [9.17, 15) is 4.79 Å². The van der Waals surface area contributed by atoms with E-state index < -0.39 is 0 Å². The fourth-order valence-corrected chi connectivity index (χ4v) is 2.64. The van der Waals surface area contributed by atoms with E-state index in [2.05, 4.69) is 48.2 Å². The monoisotopic (exact) mass is 301 g/mol. The molecule has 1 aromatic rings. The summed E-state index contributed by atoms with van der Waals surface area (Å²) in [6.07, 6.45) is 1.45. The van der Waals surface area contributed by atoms with E-state index in [0.717, 1.165) is 17.8 Å². The topological polar surface area (TPSA) is 68.4 Å². The summed E-state index contributed by atoms with van der Waals surface area (Å²) in [7, 11) is 0. The molecule has 1 fully saturated rings. The first-order chi connectivity index (χ1) is 10.5. The third-order valence-corrected chi connectivity index (χ3v) is 3.82. The van der Waals surface area contributed by atoms with Crippen molar-refractivity contribution < 1.29 is 4.79 Å². The van der Waals surface area contributed by atoms with Crippen LogP contribution in [0.3, 0.4) is 0 Å². The summed E-state index contributed by atoms with van der Waals surface area (Å²) in [4.78, 5) is 12.3. The lowest BCUT2D eigenvalue weighted by atomic mass is 10.1. The summed E-state index contributed by atoms with van der Waals surface area (Å²) >= 11 is 0. The summed E-state index contributed by atoms with van der Waals surface area (Å²) in [5, 5.41) is 11.5. The van der Waals surface area contributed by atoms with Crippen LogP contribution in [0.15, 0.2) is 36.0 Å². The van der Waals surface area contributed by atoms with E-state index in [4.69, 9.17) is 0 Å². The molecule has 118 valence electrons. The third kappa shape index (κ3) is 2.99. The molecule has 2 aliphatic heterocycles. The van der Waals surface area contributed by atoms with Crippen molar-refractivity contribution >= 4 is 11.6 Å². The van der Waals surface area contributed by atoms with Crippen LogP contribution < -0.4 is 26.4 Å². The first-order valence-electron chi connectivity index (χ1n) is 7.67. The highest BCUT2D eigenvalue weighted by molar-refractivity contribution is 5.96. The van der Waals surface area contributed by atoms with Crippen LogP contribution in [0.1, 0.15) is 19.4 Å². The highest BCUT2D eigenvalue weighted by Gasteiger charge is 2.36. The van der Waals surface area contributed by atoms with Crippen molar-refractivity contribution in [3.63, 3.8) is 0 Å². The first-order valence-corrected chi connectivity index (χ1v) is 7.67. The molecule has 6 nitrogen and oxygen atoms in total. The van der Waals surface area contributed by atoms with Gasteiger partial charge in [0, 0.05) is 12.7 Å². The molecule has 3 rings (SSSR count). The second-order valence-corrected chi connectivity index (χ2v) is 6.18. The number of fused-ring (bicyclic) bond motifs is 1. The van der Waals surface area contributed by atoms with Gasteiger partial charge in [0.25, 0.3) is 5.91 Å². The van der Waals surface area contributed by atoms with Gasteiger partial charge in [-0.15, -0.1) is 0 Å². The molecule has 0 spiro atoms. The molecular formula is C16H23N5O. The van der Waals surface area contributed by atoms with Crippen LogP contribution >= 0.6 is 0 Å². The smallest absolute Gasteiger partial charge is 0.254 e. The molecule has 22 heavy (non-hydrogen) atoms. The zero-order chi connectivity index (χ0) is 15.7. The lowest BCUT2D eigenvalue weighted by Crippen LogP contribution is -2.66. The van der Waals surface area contributed by atoms with E-state index in [-0.39, 0.29) is 18.4 Å². The van der Waals surface area contributed by atoms with Gasteiger partial charge in [-0.05, 0) is 24.5 Å². The standard InChI is InChI=1S/C16H23N5O/c1-10(2)8-17-16-18-14-12(15(22)19-16)9-21(20-14)13-7-5-4-6-11(13)3/h4-7,9-10,14,16-18,20H,8H2,1-3H3,(H,19,22). The Morgan fingerprint density at radius 2 is 2.09 bits per heavy atom. The predicted molar refractivity (Wildman–Crippen MR) is 86.6 cm³/mol.